The molecular formula is C17H15N5O3S. The SMILES string of the molecule is NC(=O)C(=O)C(Cc1cccs1)NC(=O)c1cncn1-c1cccnc1. The molecule has 1 atom stereocenters. The highest BCUT2D eigenvalue weighted by molar-refractivity contribution is 7.09. The molecule has 3 rings (SSSR count). The number of aromatic nitrogens is 3. The highest BCUT2D eigenvalue weighted by atomic mass is 32.1. The van der Waals surface area contributed by atoms with Crippen molar-refractivity contribution in [3.63, 3.8) is 0 Å². The number of carbonyl (C=O) groups is 3. The van der Waals surface area contributed by atoms with Crippen LogP contribution in [0.5, 0.6) is 0 Å². The largest absolute Gasteiger partial charge is 0.363 e. The van der Waals surface area contributed by atoms with Gasteiger partial charge in [0.05, 0.1) is 24.4 Å². The predicted molar refractivity (Wildman–Crippen MR) is 94.8 cm³/mol. The summed E-state index contributed by atoms with van der Waals surface area (Å²) in [7, 11) is 0. The Bertz CT molecular complexity index is 921. The molecule has 8 nitrogen and oxygen atoms in total. The van der Waals surface area contributed by atoms with Gasteiger partial charge in [-0.25, -0.2) is 4.98 Å². The lowest BCUT2D eigenvalue weighted by atomic mass is 10.1. The number of imidazole rings is 1. The Morgan fingerprint density at radius 1 is 1.19 bits per heavy atom. The first-order valence-corrected chi connectivity index (χ1v) is 8.54. The van der Waals surface area contributed by atoms with Crippen LogP contribution in [0, 0.1) is 0 Å². The van der Waals surface area contributed by atoms with Crippen molar-refractivity contribution in [3.8, 4) is 5.69 Å². The lowest BCUT2D eigenvalue weighted by Crippen LogP contribution is -2.47. The maximum Gasteiger partial charge on any atom is 0.287 e. The molecule has 0 aromatic carbocycles. The molecule has 132 valence electrons. The van der Waals surface area contributed by atoms with Crippen molar-refractivity contribution >= 4 is 28.9 Å². The van der Waals surface area contributed by atoms with Crippen LogP contribution >= 0.6 is 11.3 Å². The highest BCUT2D eigenvalue weighted by Gasteiger charge is 2.27. The van der Waals surface area contributed by atoms with Crippen molar-refractivity contribution in [2.24, 2.45) is 5.73 Å². The van der Waals surface area contributed by atoms with Crippen LogP contribution < -0.4 is 11.1 Å². The van der Waals surface area contributed by atoms with Gasteiger partial charge in [0.1, 0.15) is 11.7 Å². The number of nitrogens with zero attached hydrogens (tertiary/aromatic N) is 3. The zero-order chi connectivity index (χ0) is 18.5. The Labute approximate surface area is 152 Å². The van der Waals surface area contributed by atoms with Crippen LogP contribution in [0.1, 0.15) is 15.4 Å². The van der Waals surface area contributed by atoms with Crippen molar-refractivity contribution in [1.29, 1.82) is 0 Å². The summed E-state index contributed by atoms with van der Waals surface area (Å²) in [5, 5.41) is 4.43. The van der Waals surface area contributed by atoms with Crippen LogP contribution in [0.25, 0.3) is 5.69 Å². The smallest absolute Gasteiger partial charge is 0.287 e. The molecule has 0 aliphatic heterocycles. The molecule has 0 fully saturated rings. The third kappa shape index (κ3) is 3.83. The first-order valence-electron chi connectivity index (χ1n) is 7.66. The number of primary amides is 1. The van der Waals surface area contributed by atoms with E-state index in [-0.39, 0.29) is 12.1 Å². The maximum atomic E-state index is 12.7. The summed E-state index contributed by atoms with van der Waals surface area (Å²) in [6.07, 6.45) is 6.22. The van der Waals surface area contributed by atoms with Crippen molar-refractivity contribution in [2.75, 3.05) is 0 Å². The number of nitrogens with two attached hydrogens (primary N) is 1. The summed E-state index contributed by atoms with van der Waals surface area (Å²) in [4.78, 5) is 45.0. The molecule has 9 heteroatoms. The van der Waals surface area contributed by atoms with E-state index in [4.69, 9.17) is 5.73 Å². The van der Waals surface area contributed by atoms with E-state index in [0.29, 0.717) is 5.69 Å². The number of pyridine rings is 1. The molecule has 0 saturated heterocycles. The Hall–Kier alpha value is -3.33. The number of rotatable bonds is 7. The molecule has 0 aliphatic carbocycles. The Balaban J connectivity index is 1.83. The molecule has 0 spiro atoms. The van der Waals surface area contributed by atoms with Gasteiger partial charge in [0.15, 0.2) is 0 Å². The predicted octanol–water partition coefficient (Wildman–Crippen LogP) is 0.724. The van der Waals surface area contributed by atoms with Crippen LogP contribution in [-0.4, -0.2) is 38.2 Å². The van der Waals surface area contributed by atoms with E-state index in [0.717, 1.165) is 4.88 Å². The number of hydrogen-bond donors (Lipinski definition) is 2. The molecule has 0 aliphatic rings. The number of Topliss-reactive ketones (excluding diaryl/α,β-unsaturated/α-hetero) is 1. The van der Waals surface area contributed by atoms with Gasteiger partial charge >= 0.3 is 0 Å². The molecule has 3 aromatic heterocycles. The van der Waals surface area contributed by atoms with Gasteiger partial charge in [-0.2, -0.15) is 0 Å². The van der Waals surface area contributed by atoms with Gasteiger partial charge in [0.25, 0.3) is 11.8 Å². The number of hydrogen-bond acceptors (Lipinski definition) is 6. The van der Waals surface area contributed by atoms with E-state index in [9.17, 15) is 14.4 Å². The average Bonchev–Trinajstić information content (AvgIpc) is 3.32. The van der Waals surface area contributed by atoms with Crippen LogP contribution in [0.2, 0.25) is 0 Å². The van der Waals surface area contributed by atoms with E-state index >= 15 is 0 Å². The van der Waals surface area contributed by atoms with Gasteiger partial charge in [-0.3, -0.25) is 23.9 Å². The minimum Gasteiger partial charge on any atom is -0.363 e. The van der Waals surface area contributed by atoms with Gasteiger partial charge in [-0.15, -0.1) is 11.3 Å². The summed E-state index contributed by atoms with van der Waals surface area (Å²) in [6.45, 7) is 0. The van der Waals surface area contributed by atoms with Crippen LogP contribution in [-0.2, 0) is 16.0 Å². The van der Waals surface area contributed by atoms with Crippen molar-refractivity contribution in [3.05, 3.63) is 65.1 Å². The summed E-state index contributed by atoms with van der Waals surface area (Å²) < 4.78 is 1.54. The summed E-state index contributed by atoms with van der Waals surface area (Å²) in [6, 6.07) is 6.09. The number of ketones is 1. The molecule has 0 saturated carbocycles. The minimum absolute atomic E-state index is 0.187. The van der Waals surface area contributed by atoms with Gasteiger partial charge < -0.3 is 11.1 Å². The van der Waals surface area contributed by atoms with Crippen LogP contribution in [0.15, 0.2) is 54.6 Å². The molecule has 26 heavy (non-hydrogen) atoms. The van der Waals surface area contributed by atoms with Gasteiger partial charge in [-0.1, -0.05) is 6.07 Å². The van der Waals surface area contributed by atoms with Crippen LogP contribution in [0.3, 0.4) is 0 Å². The second-order valence-corrected chi connectivity index (χ2v) is 6.43. The number of amides is 2. The summed E-state index contributed by atoms with van der Waals surface area (Å²) >= 11 is 1.42. The lowest BCUT2D eigenvalue weighted by Gasteiger charge is -2.16. The lowest BCUT2D eigenvalue weighted by molar-refractivity contribution is -0.137. The minimum atomic E-state index is -1.09. The fourth-order valence-corrected chi connectivity index (χ4v) is 3.16. The van der Waals surface area contributed by atoms with Crippen molar-refractivity contribution < 1.29 is 14.4 Å². The molecule has 1 unspecified atom stereocenters. The molecule has 2 amide bonds. The molecule has 3 aromatic rings. The second-order valence-electron chi connectivity index (χ2n) is 5.40. The highest BCUT2D eigenvalue weighted by Crippen LogP contribution is 2.13. The third-order valence-electron chi connectivity index (χ3n) is 3.65. The molecule has 3 heterocycles. The number of carbonyl (C=O) groups excluding carboxylic acids is 3. The molecule has 0 bridgehead atoms. The summed E-state index contributed by atoms with van der Waals surface area (Å²) in [5.41, 5.74) is 5.98. The average molecular weight is 369 g/mol. The Kier molecular flexibility index (Phi) is 5.18. The zero-order valence-corrected chi connectivity index (χ0v) is 14.3. The van der Waals surface area contributed by atoms with Crippen molar-refractivity contribution in [1.82, 2.24) is 19.9 Å². The fraction of sp³-hybridized carbons (Fsp3) is 0.118. The Morgan fingerprint density at radius 2 is 2.04 bits per heavy atom. The van der Waals surface area contributed by atoms with Gasteiger partial charge in [0, 0.05) is 17.5 Å². The molecule has 0 radical (unpaired) electrons. The topological polar surface area (TPSA) is 120 Å². The normalized spacial score (nSPS) is 11.7. The fourth-order valence-electron chi connectivity index (χ4n) is 2.41. The van der Waals surface area contributed by atoms with Crippen LogP contribution in [0.4, 0.5) is 0 Å². The molecular weight excluding hydrogens is 354 g/mol. The van der Waals surface area contributed by atoms with E-state index in [1.54, 1.807) is 29.1 Å². The Morgan fingerprint density at radius 3 is 2.69 bits per heavy atom. The standard InChI is InChI=1S/C17H15N5O3S/c18-16(24)15(23)13(7-12-4-2-6-26-12)21-17(25)14-9-20-10-22(14)11-3-1-5-19-8-11/h1-6,8-10,13H,7H2,(H2,18,24)(H,21,25). The quantitative estimate of drug-likeness (QED) is 0.595. The number of thiophene rings is 1. The third-order valence-corrected chi connectivity index (χ3v) is 4.54. The number of nitrogens with one attached hydrogen (secondary N) is 1. The van der Waals surface area contributed by atoms with E-state index in [1.807, 2.05) is 17.5 Å². The second kappa shape index (κ2) is 7.70. The van der Waals surface area contributed by atoms with E-state index < -0.39 is 23.6 Å². The van der Waals surface area contributed by atoms with Gasteiger partial charge in [0.2, 0.25) is 5.78 Å². The van der Waals surface area contributed by atoms with Gasteiger partial charge in [-0.05, 0) is 23.6 Å². The first kappa shape index (κ1) is 17.5. The van der Waals surface area contributed by atoms with Crippen molar-refractivity contribution in [2.45, 2.75) is 12.5 Å². The van der Waals surface area contributed by atoms with E-state index in [2.05, 4.69) is 15.3 Å². The first-order chi connectivity index (χ1) is 12.6. The summed E-state index contributed by atoms with van der Waals surface area (Å²) in [5.74, 6) is -2.48. The monoisotopic (exact) mass is 369 g/mol. The maximum absolute atomic E-state index is 12.7. The van der Waals surface area contributed by atoms with E-state index in [1.165, 1.54) is 23.9 Å². The molecule has 3 N–H and O–H groups in total. The zero-order valence-electron chi connectivity index (χ0n) is 13.5.